The summed E-state index contributed by atoms with van der Waals surface area (Å²) in [5.74, 6) is -1.41. The topological polar surface area (TPSA) is 119 Å². The first kappa shape index (κ1) is 20.0. The number of aromatic nitrogens is 4. The molecule has 0 saturated heterocycles. The first-order valence-electron chi connectivity index (χ1n) is 9.13. The van der Waals surface area contributed by atoms with E-state index < -0.39 is 17.8 Å². The lowest BCUT2D eigenvalue weighted by Gasteiger charge is -2.15. The van der Waals surface area contributed by atoms with Gasteiger partial charge in [-0.05, 0) is 53.6 Å². The number of tetrazole rings is 1. The molecule has 0 bridgehead atoms. The fourth-order valence-electron chi connectivity index (χ4n) is 2.87. The van der Waals surface area contributed by atoms with Gasteiger partial charge in [0.15, 0.2) is 0 Å². The second-order valence-corrected chi connectivity index (χ2v) is 6.30. The van der Waals surface area contributed by atoms with Crippen molar-refractivity contribution in [2.45, 2.75) is 13.3 Å². The van der Waals surface area contributed by atoms with Gasteiger partial charge >= 0.3 is 5.97 Å². The van der Waals surface area contributed by atoms with Crippen LogP contribution in [-0.4, -0.2) is 50.3 Å². The Bertz CT molecular complexity index is 957. The molecule has 0 spiro atoms. The molecule has 1 atom stereocenters. The predicted octanol–water partition coefficient (Wildman–Crippen LogP) is 1.73. The summed E-state index contributed by atoms with van der Waals surface area (Å²) in [6.07, 6.45) is 1.68. The summed E-state index contributed by atoms with van der Waals surface area (Å²) < 4.78 is 6.77. The van der Waals surface area contributed by atoms with Crippen molar-refractivity contribution in [1.29, 1.82) is 0 Å². The Morgan fingerprint density at radius 1 is 1.17 bits per heavy atom. The molecule has 150 valence electrons. The van der Waals surface area contributed by atoms with E-state index >= 15 is 0 Å². The molecule has 0 aliphatic heterocycles. The molecular weight excluding hydrogens is 374 g/mol. The van der Waals surface area contributed by atoms with Gasteiger partial charge in [-0.25, -0.2) is 0 Å². The summed E-state index contributed by atoms with van der Waals surface area (Å²) in [6, 6.07) is 14.1. The van der Waals surface area contributed by atoms with Crippen molar-refractivity contribution < 1.29 is 19.4 Å². The minimum atomic E-state index is -0.979. The zero-order chi connectivity index (χ0) is 20.6. The second-order valence-electron chi connectivity index (χ2n) is 6.30. The van der Waals surface area contributed by atoms with E-state index in [1.165, 1.54) is 11.0 Å². The highest BCUT2D eigenvalue weighted by Crippen LogP contribution is 2.16. The van der Waals surface area contributed by atoms with Crippen LogP contribution in [0.3, 0.4) is 0 Å². The standard InChI is InChI=1S/C20H21N5O4/c1-2-29-16-9-7-14(8-10-16)11-15(20(27)28)12-21-19(26)17-5-3-4-6-18(17)25-13-22-23-24-25/h3-10,13,15H,2,11-12H2,1H3,(H,21,26)(H,27,28). The molecule has 0 aliphatic rings. The molecule has 3 rings (SSSR count). The smallest absolute Gasteiger partial charge is 0.308 e. The fourth-order valence-corrected chi connectivity index (χ4v) is 2.87. The number of para-hydroxylation sites is 1. The largest absolute Gasteiger partial charge is 0.494 e. The number of benzene rings is 2. The number of hydrogen-bond acceptors (Lipinski definition) is 6. The highest BCUT2D eigenvalue weighted by Gasteiger charge is 2.21. The molecule has 0 aliphatic carbocycles. The van der Waals surface area contributed by atoms with Crippen LogP contribution in [0.5, 0.6) is 5.75 Å². The van der Waals surface area contributed by atoms with Crippen molar-refractivity contribution in [1.82, 2.24) is 25.5 Å². The van der Waals surface area contributed by atoms with Gasteiger partial charge in [0.25, 0.3) is 5.91 Å². The number of carboxylic acid groups (broad SMARTS) is 1. The number of aliphatic carboxylic acids is 1. The summed E-state index contributed by atoms with van der Waals surface area (Å²) in [5, 5.41) is 23.2. The molecular formula is C20H21N5O4. The number of hydrogen-bond donors (Lipinski definition) is 2. The molecule has 0 radical (unpaired) electrons. The van der Waals surface area contributed by atoms with Crippen LogP contribution < -0.4 is 10.1 Å². The summed E-state index contributed by atoms with van der Waals surface area (Å²) in [5.41, 5.74) is 1.71. The van der Waals surface area contributed by atoms with E-state index in [0.29, 0.717) is 17.9 Å². The van der Waals surface area contributed by atoms with Crippen molar-refractivity contribution in [2.24, 2.45) is 5.92 Å². The van der Waals surface area contributed by atoms with Gasteiger partial charge in [-0.15, -0.1) is 5.10 Å². The van der Waals surface area contributed by atoms with Crippen LogP contribution in [0.1, 0.15) is 22.8 Å². The van der Waals surface area contributed by atoms with Gasteiger partial charge in [-0.3, -0.25) is 9.59 Å². The third-order valence-corrected chi connectivity index (χ3v) is 4.32. The van der Waals surface area contributed by atoms with Gasteiger partial charge in [0.2, 0.25) is 0 Å². The van der Waals surface area contributed by atoms with Crippen molar-refractivity contribution in [3.05, 3.63) is 66.0 Å². The zero-order valence-electron chi connectivity index (χ0n) is 15.9. The molecule has 1 heterocycles. The van der Waals surface area contributed by atoms with E-state index in [9.17, 15) is 14.7 Å². The predicted molar refractivity (Wildman–Crippen MR) is 104 cm³/mol. The molecule has 0 fully saturated rings. The molecule has 9 nitrogen and oxygen atoms in total. The molecule has 1 unspecified atom stereocenters. The third-order valence-electron chi connectivity index (χ3n) is 4.32. The highest BCUT2D eigenvalue weighted by atomic mass is 16.5. The van der Waals surface area contributed by atoms with Crippen LogP contribution in [0.25, 0.3) is 5.69 Å². The van der Waals surface area contributed by atoms with E-state index in [2.05, 4.69) is 20.8 Å². The molecule has 2 N–H and O–H groups in total. The van der Waals surface area contributed by atoms with Crippen LogP contribution >= 0.6 is 0 Å². The first-order valence-corrected chi connectivity index (χ1v) is 9.13. The average molecular weight is 395 g/mol. The number of carbonyl (C=O) groups is 2. The third kappa shape index (κ3) is 5.16. The lowest BCUT2D eigenvalue weighted by molar-refractivity contribution is -0.141. The number of nitrogens with zero attached hydrogens (tertiary/aromatic N) is 4. The number of rotatable bonds is 9. The minimum Gasteiger partial charge on any atom is -0.494 e. The summed E-state index contributed by atoms with van der Waals surface area (Å²) >= 11 is 0. The second kappa shape index (κ2) is 9.45. The first-order chi connectivity index (χ1) is 14.1. The van der Waals surface area contributed by atoms with Crippen molar-refractivity contribution in [2.75, 3.05) is 13.2 Å². The normalized spacial score (nSPS) is 11.6. The minimum absolute atomic E-state index is 0.00861. The Hall–Kier alpha value is -3.75. The van der Waals surface area contributed by atoms with Gasteiger partial charge in [0, 0.05) is 6.54 Å². The van der Waals surface area contributed by atoms with Crippen LogP contribution in [0.2, 0.25) is 0 Å². The maximum Gasteiger partial charge on any atom is 0.308 e. The molecule has 0 saturated carbocycles. The summed E-state index contributed by atoms with van der Waals surface area (Å²) in [7, 11) is 0. The van der Waals surface area contributed by atoms with Gasteiger partial charge in [0.05, 0.1) is 23.8 Å². The lowest BCUT2D eigenvalue weighted by Crippen LogP contribution is -2.34. The van der Waals surface area contributed by atoms with Gasteiger partial charge in [0.1, 0.15) is 12.1 Å². The van der Waals surface area contributed by atoms with Crippen molar-refractivity contribution >= 4 is 11.9 Å². The van der Waals surface area contributed by atoms with Gasteiger partial charge in [-0.1, -0.05) is 24.3 Å². The Labute approximate surface area is 167 Å². The summed E-state index contributed by atoms with van der Waals surface area (Å²) in [6.45, 7) is 2.45. The van der Waals surface area contributed by atoms with Crippen LogP contribution in [0, 0.1) is 5.92 Å². The van der Waals surface area contributed by atoms with E-state index in [4.69, 9.17) is 4.74 Å². The Morgan fingerprint density at radius 3 is 2.59 bits per heavy atom. The summed E-state index contributed by atoms with van der Waals surface area (Å²) in [4.78, 5) is 24.3. The number of nitrogens with one attached hydrogen (secondary N) is 1. The van der Waals surface area contributed by atoms with Crippen LogP contribution in [0.15, 0.2) is 54.9 Å². The van der Waals surface area contributed by atoms with Crippen LogP contribution in [0.4, 0.5) is 0 Å². The van der Waals surface area contributed by atoms with Gasteiger partial charge < -0.3 is 15.2 Å². The Morgan fingerprint density at radius 2 is 1.93 bits per heavy atom. The average Bonchev–Trinajstić information content (AvgIpc) is 3.27. The van der Waals surface area contributed by atoms with Crippen molar-refractivity contribution in [3.8, 4) is 11.4 Å². The molecule has 3 aromatic rings. The van der Waals surface area contributed by atoms with Crippen molar-refractivity contribution in [3.63, 3.8) is 0 Å². The maximum absolute atomic E-state index is 12.7. The Kier molecular flexibility index (Phi) is 6.51. The quantitative estimate of drug-likeness (QED) is 0.566. The fraction of sp³-hybridized carbons (Fsp3) is 0.250. The molecule has 2 aromatic carbocycles. The SMILES string of the molecule is CCOc1ccc(CC(CNC(=O)c2ccccc2-n2cnnn2)C(=O)O)cc1. The molecule has 29 heavy (non-hydrogen) atoms. The van der Waals surface area contributed by atoms with E-state index in [0.717, 1.165) is 11.3 Å². The highest BCUT2D eigenvalue weighted by molar-refractivity contribution is 5.97. The number of ether oxygens (including phenoxy) is 1. The van der Waals surface area contributed by atoms with E-state index in [1.54, 1.807) is 36.4 Å². The lowest BCUT2D eigenvalue weighted by atomic mass is 9.99. The molecule has 1 aromatic heterocycles. The van der Waals surface area contributed by atoms with E-state index in [-0.39, 0.29) is 13.0 Å². The maximum atomic E-state index is 12.7. The number of amides is 1. The number of carbonyl (C=O) groups excluding carboxylic acids is 1. The van der Waals surface area contributed by atoms with E-state index in [1.807, 2.05) is 19.1 Å². The Balaban J connectivity index is 1.67. The number of carboxylic acids is 1. The van der Waals surface area contributed by atoms with Gasteiger partial charge in [-0.2, -0.15) is 4.68 Å². The molecule has 1 amide bonds. The zero-order valence-corrected chi connectivity index (χ0v) is 15.9. The van der Waals surface area contributed by atoms with Crippen LogP contribution in [-0.2, 0) is 11.2 Å². The molecule has 9 heteroatoms. The monoisotopic (exact) mass is 395 g/mol.